The second kappa shape index (κ2) is 7.97. The summed E-state index contributed by atoms with van der Waals surface area (Å²) in [7, 11) is 0. The Labute approximate surface area is 154 Å². The van der Waals surface area contributed by atoms with E-state index in [1.165, 1.54) is 30.0 Å². The van der Waals surface area contributed by atoms with Crippen LogP contribution < -0.4 is 5.32 Å². The van der Waals surface area contributed by atoms with Crippen LogP contribution in [0.1, 0.15) is 29.7 Å². The van der Waals surface area contributed by atoms with Crippen LogP contribution in [0.15, 0.2) is 35.4 Å². The molecule has 1 aromatic heterocycles. The van der Waals surface area contributed by atoms with E-state index in [1.54, 1.807) is 6.07 Å². The zero-order chi connectivity index (χ0) is 18.5. The second-order valence-corrected chi connectivity index (χ2v) is 6.87. The van der Waals surface area contributed by atoms with Crippen LogP contribution in [0, 0.1) is 21.4 Å². The van der Waals surface area contributed by atoms with Gasteiger partial charge in [0.05, 0.1) is 16.2 Å². The van der Waals surface area contributed by atoms with Crippen LogP contribution in [-0.4, -0.2) is 21.6 Å². The number of hydrogen-bond donors (Lipinski definition) is 1. The van der Waals surface area contributed by atoms with E-state index in [9.17, 15) is 20.2 Å². The van der Waals surface area contributed by atoms with Gasteiger partial charge in [-0.2, -0.15) is 5.26 Å². The van der Waals surface area contributed by atoms with E-state index in [4.69, 9.17) is 0 Å². The van der Waals surface area contributed by atoms with Crippen molar-refractivity contribution >= 4 is 29.0 Å². The number of carbonyl (C=O) groups excluding carboxylic acids is 1. The van der Waals surface area contributed by atoms with Crippen molar-refractivity contribution in [2.24, 2.45) is 0 Å². The van der Waals surface area contributed by atoms with Crippen molar-refractivity contribution in [2.75, 3.05) is 11.1 Å². The number of pyridine rings is 1. The zero-order valence-electron chi connectivity index (χ0n) is 13.9. The summed E-state index contributed by atoms with van der Waals surface area (Å²) >= 11 is 1.20. The molecule has 3 rings (SSSR count). The van der Waals surface area contributed by atoms with Crippen molar-refractivity contribution in [1.82, 2.24) is 4.98 Å². The largest absolute Gasteiger partial charge is 0.325 e. The van der Waals surface area contributed by atoms with Gasteiger partial charge in [0.25, 0.3) is 5.69 Å². The summed E-state index contributed by atoms with van der Waals surface area (Å²) in [6.45, 7) is 0. The first-order valence-electron chi connectivity index (χ1n) is 8.17. The number of nitrogens with zero attached hydrogens (tertiary/aromatic N) is 3. The molecule has 0 bridgehead atoms. The molecule has 0 unspecified atom stereocenters. The van der Waals surface area contributed by atoms with E-state index in [0.29, 0.717) is 16.3 Å². The maximum Gasteiger partial charge on any atom is 0.271 e. The minimum absolute atomic E-state index is 0.0726. The molecule has 132 valence electrons. The highest BCUT2D eigenvalue weighted by Gasteiger charge is 2.16. The van der Waals surface area contributed by atoms with Crippen LogP contribution >= 0.6 is 11.8 Å². The van der Waals surface area contributed by atoms with Crippen molar-refractivity contribution in [3.05, 3.63) is 57.3 Å². The van der Waals surface area contributed by atoms with Crippen molar-refractivity contribution in [2.45, 2.75) is 30.7 Å². The third-order valence-electron chi connectivity index (χ3n) is 4.07. The van der Waals surface area contributed by atoms with Gasteiger partial charge in [0.1, 0.15) is 11.1 Å². The zero-order valence-corrected chi connectivity index (χ0v) is 14.7. The van der Waals surface area contributed by atoms with Crippen molar-refractivity contribution in [3.8, 4) is 6.07 Å². The molecular weight excluding hydrogens is 352 g/mol. The highest BCUT2D eigenvalue weighted by atomic mass is 32.2. The number of nitrogens with one attached hydrogen (secondary N) is 1. The molecule has 1 aliphatic carbocycles. The maximum absolute atomic E-state index is 12.1. The van der Waals surface area contributed by atoms with Crippen LogP contribution in [-0.2, 0) is 17.6 Å². The number of amides is 1. The number of hydrogen-bond acceptors (Lipinski definition) is 6. The van der Waals surface area contributed by atoms with Gasteiger partial charge >= 0.3 is 0 Å². The number of rotatable bonds is 5. The number of carbonyl (C=O) groups is 1. The van der Waals surface area contributed by atoms with Crippen molar-refractivity contribution in [3.63, 3.8) is 0 Å². The summed E-state index contributed by atoms with van der Waals surface area (Å²) in [5.74, 6) is -0.234. The molecule has 8 heteroatoms. The number of aryl methyl sites for hydroxylation is 2. The molecule has 1 aromatic carbocycles. The number of nitro benzene ring substituents is 1. The summed E-state index contributed by atoms with van der Waals surface area (Å²) < 4.78 is 0. The van der Waals surface area contributed by atoms with Gasteiger partial charge in [0.15, 0.2) is 0 Å². The first-order valence-corrected chi connectivity index (χ1v) is 9.15. The molecule has 0 aliphatic heterocycles. The number of nitriles is 1. The van der Waals surface area contributed by atoms with Gasteiger partial charge < -0.3 is 5.32 Å². The first kappa shape index (κ1) is 17.9. The van der Waals surface area contributed by atoms with Gasteiger partial charge in [-0.15, -0.1) is 0 Å². The Kier molecular flexibility index (Phi) is 5.49. The second-order valence-electron chi connectivity index (χ2n) is 5.91. The summed E-state index contributed by atoms with van der Waals surface area (Å²) in [4.78, 5) is 27.0. The summed E-state index contributed by atoms with van der Waals surface area (Å²) in [6.07, 6.45) is 4.03. The predicted molar refractivity (Wildman–Crippen MR) is 98.0 cm³/mol. The third-order valence-corrected chi connectivity index (χ3v) is 5.06. The summed E-state index contributed by atoms with van der Waals surface area (Å²) in [5.41, 5.74) is 2.90. The lowest BCUT2D eigenvalue weighted by atomic mass is 9.95. The number of anilines is 1. The highest BCUT2D eigenvalue weighted by Crippen LogP contribution is 2.27. The Morgan fingerprint density at radius 1 is 1.35 bits per heavy atom. The van der Waals surface area contributed by atoms with Crippen LogP contribution in [0.5, 0.6) is 0 Å². The Morgan fingerprint density at radius 3 is 2.92 bits per heavy atom. The fraction of sp³-hybridized carbons (Fsp3) is 0.278. The average Bonchev–Trinajstić information content (AvgIpc) is 2.65. The summed E-state index contributed by atoms with van der Waals surface area (Å²) in [6, 6.07) is 9.80. The minimum atomic E-state index is -0.513. The standard InChI is InChI=1S/C18H16N4O3S/c19-10-13-8-12-4-1-2-7-16(12)21-18(13)26-11-17(23)20-14-5-3-6-15(9-14)22(24)25/h3,5-6,8-9H,1-2,4,7,11H2,(H,20,23). The molecule has 0 saturated heterocycles. The van der Waals surface area contributed by atoms with E-state index < -0.39 is 4.92 Å². The number of benzene rings is 1. The molecule has 0 spiro atoms. The van der Waals surface area contributed by atoms with Crippen LogP contribution in [0.25, 0.3) is 0 Å². The molecular formula is C18H16N4O3S. The third kappa shape index (κ3) is 4.18. The monoisotopic (exact) mass is 368 g/mol. The van der Waals surface area contributed by atoms with Gasteiger partial charge in [-0.3, -0.25) is 14.9 Å². The van der Waals surface area contributed by atoms with Crippen LogP contribution in [0.2, 0.25) is 0 Å². The molecule has 1 aliphatic rings. The number of nitro groups is 1. The van der Waals surface area contributed by atoms with Crippen molar-refractivity contribution < 1.29 is 9.72 Å². The molecule has 0 fully saturated rings. The number of non-ortho nitro benzene ring substituents is 1. The molecule has 0 atom stereocenters. The number of aromatic nitrogens is 1. The average molecular weight is 368 g/mol. The lowest BCUT2D eigenvalue weighted by Gasteiger charge is -2.16. The molecule has 26 heavy (non-hydrogen) atoms. The predicted octanol–water partition coefficient (Wildman–Crippen LogP) is 3.47. The van der Waals surface area contributed by atoms with E-state index in [-0.39, 0.29) is 17.3 Å². The number of thioether (sulfide) groups is 1. The van der Waals surface area contributed by atoms with E-state index in [1.807, 2.05) is 6.07 Å². The van der Waals surface area contributed by atoms with Gasteiger partial charge in [-0.1, -0.05) is 17.8 Å². The lowest BCUT2D eigenvalue weighted by molar-refractivity contribution is -0.384. The molecule has 2 aromatic rings. The first-order chi connectivity index (χ1) is 12.6. The minimum Gasteiger partial charge on any atom is -0.325 e. The maximum atomic E-state index is 12.1. The van der Waals surface area contributed by atoms with Crippen molar-refractivity contribution in [1.29, 1.82) is 5.26 Å². The fourth-order valence-corrected chi connectivity index (χ4v) is 3.61. The highest BCUT2D eigenvalue weighted by molar-refractivity contribution is 8.00. The van der Waals surface area contributed by atoms with Gasteiger partial charge in [-0.25, -0.2) is 4.98 Å². The quantitative estimate of drug-likeness (QED) is 0.492. The normalized spacial score (nSPS) is 12.7. The van der Waals surface area contributed by atoms with Crippen LogP contribution in [0.4, 0.5) is 11.4 Å². The topological polar surface area (TPSA) is 109 Å². The van der Waals surface area contributed by atoms with Gasteiger partial charge in [0, 0.05) is 23.5 Å². The molecule has 7 nitrogen and oxygen atoms in total. The Hall–Kier alpha value is -2.92. The SMILES string of the molecule is N#Cc1cc2c(nc1SCC(=O)Nc1cccc([N+](=O)[O-])c1)CCCC2. The van der Waals surface area contributed by atoms with Gasteiger partial charge in [-0.05, 0) is 43.4 Å². The fourth-order valence-electron chi connectivity index (χ4n) is 2.83. The van der Waals surface area contributed by atoms with Gasteiger partial charge in [0.2, 0.25) is 5.91 Å². The summed E-state index contributed by atoms with van der Waals surface area (Å²) in [5, 5.41) is 23.3. The smallest absolute Gasteiger partial charge is 0.271 e. The van der Waals surface area contributed by atoms with E-state index in [0.717, 1.165) is 36.9 Å². The lowest BCUT2D eigenvalue weighted by Crippen LogP contribution is -2.15. The van der Waals surface area contributed by atoms with E-state index in [2.05, 4.69) is 16.4 Å². The molecule has 1 amide bonds. The Bertz CT molecular complexity index is 908. The van der Waals surface area contributed by atoms with Crippen LogP contribution in [0.3, 0.4) is 0 Å². The number of fused-ring (bicyclic) bond motifs is 1. The molecule has 0 radical (unpaired) electrons. The van der Waals surface area contributed by atoms with E-state index >= 15 is 0 Å². The molecule has 1 N–H and O–H groups in total. The Morgan fingerprint density at radius 2 is 2.15 bits per heavy atom. The Balaban J connectivity index is 1.67. The molecule has 0 saturated carbocycles. The molecule has 1 heterocycles.